The third-order valence-electron chi connectivity index (χ3n) is 7.62. The number of aliphatic hydroxyl groups is 1. The van der Waals surface area contributed by atoms with E-state index in [2.05, 4.69) is 0 Å². The fourth-order valence-corrected chi connectivity index (χ4v) is 5.33. The zero-order valence-corrected chi connectivity index (χ0v) is 21.4. The van der Waals surface area contributed by atoms with Crippen LogP contribution in [0, 0.1) is 6.92 Å². The van der Waals surface area contributed by atoms with Crippen LogP contribution in [0.2, 0.25) is 0 Å². The van der Waals surface area contributed by atoms with E-state index in [0.29, 0.717) is 61.9 Å². The number of nitrogens with zero attached hydrogens (tertiary/aromatic N) is 3. The summed E-state index contributed by atoms with van der Waals surface area (Å²) in [6, 6.07) is 9.03. The maximum Gasteiger partial charge on any atom is 0.430 e. The van der Waals surface area contributed by atoms with E-state index in [4.69, 9.17) is 0 Å². The number of urea groups is 1. The van der Waals surface area contributed by atoms with Gasteiger partial charge in [0.2, 0.25) is 5.91 Å². The van der Waals surface area contributed by atoms with Gasteiger partial charge in [0.15, 0.2) is 0 Å². The van der Waals surface area contributed by atoms with Crippen molar-refractivity contribution in [1.82, 2.24) is 14.7 Å². The molecule has 39 heavy (non-hydrogen) atoms. The van der Waals surface area contributed by atoms with E-state index in [9.17, 15) is 41.0 Å². The molecule has 6 nitrogen and oxygen atoms in total. The minimum atomic E-state index is -6.00. The second-order valence-corrected chi connectivity index (χ2v) is 10.0. The summed E-state index contributed by atoms with van der Waals surface area (Å²) in [4.78, 5) is 29.6. The van der Waals surface area contributed by atoms with Gasteiger partial charge in [-0.25, -0.2) is 4.79 Å². The Labute approximate surface area is 221 Å². The topological polar surface area (TPSA) is 64.1 Å². The van der Waals surface area contributed by atoms with Crippen molar-refractivity contribution in [3.05, 3.63) is 59.2 Å². The molecule has 2 aliphatic rings. The molecule has 2 fully saturated rings. The van der Waals surface area contributed by atoms with Gasteiger partial charge < -0.3 is 19.8 Å². The summed E-state index contributed by atoms with van der Waals surface area (Å²) in [6.07, 6.45) is -11.5. The van der Waals surface area contributed by atoms with E-state index in [1.54, 1.807) is 45.9 Å². The highest BCUT2D eigenvalue weighted by atomic mass is 19.4. The average molecular weight is 558 g/mol. The lowest BCUT2D eigenvalue weighted by molar-refractivity contribution is -0.376. The van der Waals surface area contributed by atoms with Crippen LogP contribution in [-0.2, 0) is 10.4 Å². The predicted molar refractivity (Wildman–Crippen MR) is 131 cm³/mol. The maximum atomic E-state index is 13.6. The van der Waals surface area contributed by atoms with Gasteiger partial charge in [-0.1, -0.05) is 36.4 Å². The van der Waals surface area contributed by atoms with Crippen molar-refractivity contribution in [3.63, 3.8) is 0 Å². The molecule has 12 heteroatoms. The summed E-state index contributed by atoms with van der Waals surface area (Å²) in [6.45, 7) is 5.32. The molecule has 0 unspecified atom stereocenters. The Hall–Kier alpha value is -3.28. The van der Waals surface area contributed by atoms with Crippen LogP contribution in [0.25, 0.3) is 11.1 Å². The Morgan fingerprint density at radius 2 is 1.41 bits per heavy atom. The molecular weight excluding hydrogens is 528 g/mol. The number of carbonyl (C=O) groups is 2. The zero-order valence-electron chi connectivity index (χ0n) is 21.4. The molecule has 212 valence electrons. The molecule has 2 aliphatic heterocycles. The van der Waals surface area contributed by atoms with Crippen molar-refractivity contribution >= 4 is 11.9 Å². The van der Waals surface area contributed by atoms with Crippen LogP contribution in [0.1, 0.15) is 36.0 Å². The van der Waals surface area contributed by atoms with Gasteiger partial charge >= 0.3 is 18.4 Å². The molecule has 1 N–H and O–H groups in total. The number of carbonyl (C=O) groups excluding carboxylic acids is 2. The molecule has 2 aromatic rings. The molecule has 0 radical (unpaired) electrons. The number of rotatable bonds is 3. The molecule has 4 rings (SSSR count). The Balaban J connectivity index is 1.67. The molecule has 3 amide bonds. The van der Waals surface area contributed by atoms with Crippen molar-refractivity contribution in [1.29, 1.82) is 0 Å². The van der Waals surface area contributed by atoms with E-state index in [-0.39, 0.29) is 30.0 Å². The SMILES string of the molecule is CC(=O)N1CCN(C(=O)N2CC[C@H](c3ccc(C(O)(C(F)(F)F)C(F)(F)F)cc3-c3ccccc3C)C2)CC1. The summed E-state index contributed by atoms with van der Waals surface area (Å²) >= 11 is 0. The minimum absolute atomic E-state index is 0.0709. The van der Waals surface area contributed by atoms with E-state index in [1.165, 1.54) is 13.0 Å². The van der Waals surface area contributed by atoms with Gasteiger partial charge in [0.25, 0.3) is 5.60 Å². The Morgan fingerprint density at radius 3 is 1.97 bits per heavy atom. The highest BCUT2D eigenvalue weighted by molar-refractivity contribution is 5.77. The fraction of sp³-hybridized carbons (Fsp3) is 0.481. The monoisotopic (exact) mass is 557 g/mol. The Morgan fingerprint density at radius 1 is 0.821 bits per heavy atom. The van der Waals surface area contributed by atoms with E-state index in [1.807, 2.05) is 0 Å². The van der Waals surface area contributed by atoms with Crippen LogP contribution in [0.4, 0.5) is 31.1 Å². The zero-order chi connectivity index (χ0) is 28.8. The summed E-state index contributed by atoms with van der Waals surface area (Å²) in [5, 5.41) is 10.0. The number of piperazine rings is 1. The number of hydrogen-bond acceptors (Lipinski definition) is 3. The molecule has 0 aliphatic carbocycles. The summed E-state index contributed by atoms with van der Waals surface area (Å²) in [5.74, 6) is -0.417. The molecule has 0 aromatic heterocycles. The molecule has 0 bridgehead atoms. The van der Waals surface area contributed by atoms with Gasteiger partial charge in [-0.3, -0.25) is 4.79 Å². The van der Waals surface area contributed by atoms with Crippen LogP contribution in [0.15, 0.2) is 42.5 Å². The van der Waals surface area contributed by atoms with E-state index in [0.717, 1.165) is 6.07 Å². The number of likely N-dealkylation sites (tertiary alicyclic amines) is 1. The van der Waals surface area contributed by atoms with Gasteiger partial charge in [0, 0.05) is 57.7 Å². The second kappa shape index (κ2) is 10.4. The molecule has 2 saturated heterocycles. The number of halogens is 6. The van der Waals surface area contributed by atoms with Crippen LogP contribution >= 0.6 is 0 Å². The van der Waals surface area contributed by atoms with Crippen molar-refractivity contribution in [2.45, 2.75) is 44.1 Å². The molecule has 0 spiro atoms. The van der Waals surface area contributed by atoms with Gasteiger partial charge in [-0.15, -0.1) is 0 Å². The average Bonchev–Trinajstić information content (AvgIpc) is 3.36. The number of benzene rings is 2. The van der Waals surface area contributed by atoms with Crippen molar-refractivity contribution in [2.75, 3.05) is 39.3 Å². The first kappa shape index (κ1) is 28.7. The second-order valence-electron chi connectivity index (χ2n) is 10.0. The fourth-order valence-electron chi connectivity index (χ4n) is 5.33. The first-order valence-corrected chi connectivity index (χ1v) is 12.5. The predicted octanol–water partition coefficient (Wildman–Crippen LogP) is 5.05. The van der Waals surface area contributed by atoms with Crippen LogP contribution < -0.4 is 0 Å². The standard InChI is InChI=1S/C27H29F6N3O3/c1-17-5-3-4-6-21(17)23-15-20(25(39,26(28,29)30)27(31,32)33)7-8-22(23)19-9-10-36(16-19)24(38)35-13-11-34(12-14-35)18(2)37/h3-8,15,19,39H,9-14,16H2,1-2H3/t19-/m0/s1. The molecule has 2 heterocycles. The first-order chi connectivity index (χ1) is 18.1. The molecule has 1 atom stereocenters. The lowest BCUT2D eigenvalue weighted by Gasteiger charge is -2.36. The summed E-state index contributed by atoms with van der Waals surface area (Å²) in [7, 11) is 0. The van der Waals surface area contributed by atoms with Gasteiger partial charge in [-0.2, -0.15) is 26.3 Å². The van der Waals surface area contributed by atoms with Crippen LogP contribution in [-0.4, -0.2) is 83.4 Å². The van der Waals surface area contributed by atoms with E-state index < -0.39 is 23.5 Å². The van der Waals surface area contributed by atoms with Gasteiger partial charge in [0.05, 0.1) is 0 Å². The molecule has 2 aromatic carbocycles. The van der Waals surface area contributed by atoms with Gasteiger partial charge in [0.1, 0.15) is 0 Å². The minimum Gasteiger partial charge on any atom is -0.369 e. The third kappa shape index (κ3) is 5.30. The largest absolute Gasteiger partial charge is 0.430 e. The molecule has 0 saturated carbocycles. The third-order valence-corrected chi connectivity index (χ3v) is 7.62. The highest BCUT2D eigenvalue weighted by Gasteiger charge is 2.71. The number of amides is 3. The van der Waals surface area contributed by atoms with Crippen LogP contribution in [0.5, 0.6) is 0 Å². The summed E-state index contributed by atoms with van der Waals surface area (Å²) < 4.78 is 81.9. The lowest BCUT2D eigenvalue weighted by Crippen LogP contribution is -2.54. The summed E-state index contributed by atoms with van der Waals surface area (Å²) in [5.41, 5.74) is -4.66. The Bertz CT molecular complexity index is 1220. The highest BCUT2D eigenvalue weighted by Crippen LogP contribution is 2.51. The van der Waals surface area contributed by atoms with E-state index >= 15 is 0 Å². The lowest BCUT2D eigenvalue weighted by atomic mass is 9.83. The number of alkyl halides is 6. The van der Waals surface area contributed by atoms with Crippen molar-refractivity contribution < 1.29 is 41.0 Å². The first-order valence-electron chi connectivity index (χ1n) is 12.5. The van der Waals surface area contributed by atoms with Crippen molar-refractivity contribution in [3.8, 4) is 11.1 Å². The van der Waals surface area contributed by atoms with Gasteiger partial charge in [-0.05, 0) is 41.7 Å². The van der Waals surface area contributed by atoms with Crippen molar-refractivity contribution in [2.24, 2.45) is 0 Å². The number of aryl methyl sites for hydroxylation is 1. The molecular formula is C27H29F6N3O3. The smallest absolute Gasteiger partial charge is 0.369 e. The number of hydrogen-bond donors (Lipinski definition) is 1. The quantitative estimate of drug-likeness (QED) is 0.538. The van der Waals surface area contributed by atoms with Crippen LogP contribution in [0.3, 0.4) is 0 Å². The maximum absolute atomic E-state index is 13.6. The normalized spacial score (nSPS) is 19.0. The Kier molecular flexibility index (Phi) is 7.63.